The molecule has 0 saturated carbocycles. The molecule has 19 heavy (non-hydrogen) atoms. The summed E-state index contributed by atoms with van der Waals surface area (Å²) in [6.45, 7) is 3.75. The average Bonchev–Trinajstić information content (AvgIpc) is 3.09. The summed E-state index contributed by atoms with van der Waals surface area (Å²) in [4.78, 5) is 4.35. The molecule has 1 unspecified atom stereocenters. The van der Waals surface area contributed by atoms with Crippen LogP contribution >= 0.6 is 0 Å². The van der Waals surface area contributed by atoms with Crippen LogP contribution < -0.4 is 4.74 Å². The maximum atomic E-state index is 5.67. The first-order valence-corrected chi connectivity index (χ1v) is 6.41. The molecule has 100 valence electrons. The van der Waals surface area contributed by atoms with Crippen molar-refractivity contribution in [2.75, 3.05) is 13.2 Å². The van der Waals surface area contributed by atoms with Crippen molar-refractivity contribution >= 4 is 0 Å². The number of rotatable bonds is 4. The topological polar surface area (TPSA) is 57.4 Å². The van der Waals surface area contributed by atoms with E-state index in [4.69, 9.17) is 14.0 Å². The first-order chi connectivity index (χ1) is 9.33. The highest BCUT2D eigenvalue weighted by Gasteiger charge is 2.23. The van der Waals surface area contributed by atoms with Crippen molar-refractivity contribution in [3.63, 3.8) is 0 Å². The Kier molecular flexibility index (Phi) is 3.46. The Bertz CT molecular complexity index is 547. The lowest BCUT2D eigenvalue weighted by Crippen LogP contribution is -2.01. The third-order valence-electron chi connectivity index (χ3n) is 3.22. The summed E-state index contributed by atoms with van der Waals surface area (Å²) < 4.78 is 16.2. The Morgan fingerprint density at radius 3 is 3.05 bits per heavy atom. The van der Waals surface area contributed by atoms with E-state index in [-0.39, 0.29) is 5.92 Å². The first-order valence-electron chi connectivity index (χ1n) is 6.41. The zero-order chi connectivity index (χ0) is 13.1. The van der Waals surface area contributed by atoms with Crippen LogP contribution in [0.25, 0.3) is 0 Å². The predicted molar refractivity (Wildman–Crippen MR) is 68.0 cm³/mol. The second-order valence-corrected chi connectivity index (χ2v) is 4.66. The van der Waals surface area contributed by atoms with Gasteiger partial charge in [-0.05, 0) is 25.0 Å². The molecule has 1 aliphatic rings. The third kappa shape index (κ3) is 2.76. The Morgan fingerprint density at radius 2 is 2.26 bits per heavy atom. The molecule has 2 heterocycles. The van der Waals surface area contributed by atoms with Crippen molar-refractivity contribution in [2.45, 2.75) is 25.9 Å². The van der Waals surface area contributed by atoms with Crippen LogP contribution in [0.1, 0.15) is 29.6 Å². The van der Waals surface area contributed by atoms with Gasteiger partial charge in [0.25, 0.3) is 5.89 Å². The summed E-state index contributed by atoms with van der Waals surface area (Å²) in [7, 11) is 0. The van der Waals surface area contributed by atoms with Gasteiger partial charge < -0.3 is 14.0 Å². The van der Waals surface area contributed by atoms with Crippen molar-refractivity contribution in [1.82, 2.24) is 10.1 Å². The van der Waals surface area contributed by atoms with E-state index >= 15 is 0 Å². The van der Waals surface area contributed by atoms with E-state index < -0.39 is 0 Å². The van der Waals surface area contributed by atoms with Crippen LogP contribution in [-0.2, 0) is 11.3 Å². The summed E-state index contributed by atoms with van der Waals surface area (Å²) in [5, 5.41) is 3.99. The zero-order valence-electron chi connectivity index (χ0n) is 10.8. The van der Waals surface area contributed by atoms with E-state index in [9.17, 15) is 0 Å². The molecule has 5 nitrogen and oxygen atoms in total. The molecular weight excluding hydrogens is 244 g/mol. The van der Waals surface area contributed by atoms with E-state index in [2.05, 4.69) is 10.1 Å². The lowest BCUT2D eigenvalue weighted by molar-refractivity contribution is 0.192. The summed E-state index contributed by atoms with van der Waals surface area (Å²) in [5.74, 6) is 2.33. The molecule has 5 heteroatoms. The molecule has 1 saturated heterocycles. The van der Waals surface area contributed by atoms with Gasteiger partial charge in [0.2, 0.25) is 0 Å². The van der Waals surface area contributed by atoms with Crippen LogP contribution in [0.2, 0.25) is 0 Å². The number of hydrogen-bond acceptors (Lipinski definition) is 5. The molecule has 1 aliphatic heterocycles. The van der Waals surface area contributed by atoms with Crippen LogP contribution in [0.15, 0.2) is 28.8 Å². The van der Waals surface area contributed by atoms with E-state index in [1.807, 2.05) is 31.2 Å². The summed E-state index contributed by atoms with van der Waals surface area (Å²) in [6.07, 6.45) is 0.956. The summed E-state index contributed by atoms with van der Waals surface area (Å²) >= 11 is 0. The lowest BCUT2D eigenvalue weighted by atomic mass is 10.1. The van der Waals surface area contributed by atoms with Crippen molar-refractivity contribution in [2.24, 2.45) is 0 Å². The van der Waals surface area contributed by atoms with E-state index in [1.54, 1.807) is 0 Å². The van der Waals surface area contributed by atoms with Gasteiger partial charge in [-0.15, -0.1) is 0 Å². The van der Waals surface area contributed by atoms with Crippen molar-refractivity contribution in [3.05, 3.63) is 41.5 Å². The number of nitrogens with zero attached hydrogens (tertiary/aromatic N) is 2. The minimum atomic E-state index is 0.260. The standard InChI is InChI=1S/C14H16N2O3/c1-10-4-2-3-5-12(10)18-9-13-15-14(16-19-13)11-6-7-17-8-11/h2-5,11H,6-9H2,1H3. The van der Waals surface area contributed by atoms with Gasteiger partial charge in [-0.25, -0.2) is 0 Å². The van der Waals surface area contributed by atoms with E-state index in [0.717, 1.165) is 30.2 Å². The number of aromatic nitrogens is 2. The van der Waals surface area contributed by atoms with Crippen molar-refractivity contribution < 1.29 is 14.0 Å². The highest BCUT2D eigenvalue weighted by Crippen LogP contribution is 2.23. The number of aryl methyl sites for hydroxylation is 1. The Labute approximate surface area is 111 Å². The molecule has 0 aliphatic carbocycles. The average molecular weight is 260 g/mol. The SMILES string of the molecule is Cc1ccccc1OCc1nc(C2CCOC2)no1. The molecule has 3 rings (SSSR count). The maximum Gasteiger partial charge on any atom is 0.264 e. The number of para-hydroxylation sites is 1. The number of ether oxygens (including phenoxy) is 2. The minimum absolute atomic E-state index is 0.260. The highest BCUT2D eigenvalue weighted by atomic mass is 16.5. The molecule has 1 fully saturated rings. The molecule has 1 aromatic heterocycles. The predicted octanol–water partition coefficient (Wildman–Crippen LogP) is 2.46. The second-order valence-electron chi connectivity index (χ2n) is 4.66. The third-order valence-corrected chi connectivity index (χ3v) is 3.22. The molecule has 0 N–H and O–H groups in total. The maximum absolute atomic E-state index is 5.67. The van der Waals surface area contributed by atoms with Crippen LogP contribution in [0, 0.1) is 6.92 Å². The Morgan fingerprint density at radius 1 is 1.37 bits per heavy atom. The van der Waals surface area contributed by atoms with Crippen LogP contribution in [0.3, 0.4) is 0 Å². The fourth-order valence-electron chi connectivity index (χ4n) is 2.09. The first kappa shape index (κ1) is 12.2. The fraction of sp³-hybridized carbons (Fsp3) is 0.429. The Balaban J connectivity index is 1.63. The second kappa shape index (κ2) is 5.40. The lowest BCUT2D eigenvalue weighted by Gasteiger charge is -2.05. The molecular formula is C14H16N2O3. The molecule has 0 radical (unpaired) electrons. The van der Waals surface area contributed by atoms with Gasteiger partial charge in [0.1, 0.15) is 5.75 Å². The molecule has 0 amide bonds. The van der Waals surface area contributed by atoms with Crippen LogP contribution in [-0.4, -0.2) is 23.4 Å². The molecule has 0 spiro atoms. The van der Waals surface area contributed by atoms with Crippen molar-refractivity contribution in [1.29, 1.82) is 0 Å². The van der Waals surface area contributed by atoms with Gasteiger partial charge in [0.05, 0.1) is 6.61 Å². The van der Waals surface area contributed by atoms with Gasteiger partial charge in [0.15, 0.2) is 12.4 Å². The van der Waals surface area contributed by atoms with Gasteiger partial charge in [-0.1, -0.05) is 23.4 Å². The largest absolute Gasteiger partial charge is 0.483 e. The van der Waals surface area contributed by atoms with Gasteiger partial charge >= 0.3 is 0 Å². The van der Waals surface area contributed by atoms with Gasteiger partial charge in [-0.2, -0.15) is 4.98 Å². The minimum Gasteiger partial charge on any atom is -0.483 e. The van der Waals surface area contributed by atoms with Gasteiger partial charge in [-0.3, -0.25) is 0 Å². The summed E-state index contributed by atoms with van der Waals surface area (Å²) in [6, 6.07) is 7.85. The van der Waals surface area contributed by atoms with Crippen molar-refractivity contribution in [3.8, 4) is 5.75 Å². The smallest absolute Gasteiger partial charge is 0.264 e. The van der Waals surface area contributed by atoms with Crippen LogP contribution in [0.4, 0.5) is 0 Å². The molecule has 1 atom stereocenters. The highest BCUT2D eigenvalue weighted by molar-refractivity contribution is 5.31. The molecule has 0 bridgehead atoms. The quantitative estimate of drug-likeness (QED) is 0.845. The molecule has 2 aromatic rings. The zero-order valence-corrected chi connectivity index (χ0v) is 10.8. The normalized spacial score (nSPS) is 18.7. The van der Waals surface area contributed by atoms with Crippen LogP contribution in [0.5, 0.6) is 5.75 Å². The summed E-state index contributed by atoms with van der Waals surface area (Å²) in [5.41, 5.74) is 1.09. The molecule has 1 aromatic carbocycles. The number of benzene rings is 1. The monoisotopic (exact) mass is 260 g/mol. The fourth-order valence-corrected chi connectivity index (χ4v) is 2.09. The van der Waals surface area contributed by atoms with Gasteiger partial charge in [0, 0.05) is 12.5 Å². The Hall–Kier alpha value is -1.88. The van der Waals surface area contributed by atoms with E-state index in [1.165, 1.54) is 0 Å². The number of hydrogen-bond donors (Lipinski definition) is 0. The van der Waals surface area contributed by atoms with E-state index in [0.29, 0.717) is 19.1 Å².